The quantitative estimate of drug-likeness (QED) is 0.421. The average molecular weight is 424 g/mol. The van der Waals surface area contributed by atoms with Crippen LogP contribution < -0.4 is 44.6 Å². The molecule has 2 atom stereocenters. The summed E-state index contributed by atoms with van der Waals surface area (Å²) in [6.07, 6.45) is 0. The molecule has 8 nitrogen and oxygen atoms in total. The van der Waals surface area contributed by atoms with Crippen LogP contribution >= 0.6 is 15.5 Å². The number of nitrogens with one attached hydrogen (secondary N) is 2. The summed E-state index contributed by atoms with van der Waals surface area (Å²) in [5.74, 6) is 0. The van der Waals surface area contributed by atoms with Gasteiger partial charge in [0.25, 0.3) is 0 Å². The fourth-order valence-corrected chi connectivity index (χ4v) is 3.52. The van der Waals surface area contributed by atoms with Crippen LogP contribution in [0, 0.1) is 0 Å². The molecule has 0 aliphatic carbocycles. The minimum absolute atomic E-state index is 0. The molecule has 0 heterocycles. The van der Waals surface area contributed by atoms with E-state index in [1.807, 2.05) is 12.1 Å². The van der Waals surface area contributed by atoms with E-state index >= 15 is 0 Å². The molecular formula is C16H23N2NaO6P2. The Morgan fingerprint density at radius 2 is 1.26 bits per heavy atom. The Morgan fingerprint density at radius 1 is 0.852 bits per heavy atom. The number of rotatable bonds is 8. The van der Waals surface area contributed by atoms with E-state index in [2.05, 4.69) is 19.2 Å². The van der Waals surface area contributed by atoms with Crippen molar-refractivity contribution in [2.24, 2.45) is 0 Å². The molecule has 0 aliphatic rings. The summed E-state index contributed by atoms with van der Waals surface area (Å²) >= 11 is 0. The van der Waals surface area contributed by atoms with E-state index in [0.29, 0.717) is 11.4 Å². The van der Waals surface area contributed by atoms with Gasteiger partial charge in [0.1, 0.15) is 0 Å². The average Bonchev–Trinajstić information content (AvgIpc) is 2.56. The zero-order chi connectivity index (χ0) is 19.5. The van der Waals surface area contributed by atoms with Crippen LogP contribution in [0.4, 0.5) is 11.4 Å². The summed E-state index contributed by atoms with van der Waals surface area (Å²) in [5, 5.41) is 4.70. The van der Waals surface area contributed by atoms with Gasteiger partial charge in [0.2, 0.25) is 7.75 Å². The van der Waals surface area contributed by atoms with Crippen LogP contribution in [0.25, 0.3) is 0 Å². The van der Waals surface area contributed by atoms with E-state index in [9.17, 15) is 18.9 Å². The second-order valence-electron chi connectivity index (χ2n) is 4.81. The molecular weight excluding hydrogens is 401 g/mol. The molecule has 0 saturated carbocycles. The first kappa shape index (κ1) is 26.3. The SMILES string of the molecule is CCOP(=O)(O)Nc1ccccc1.CCOP(=O)([O-])Nc1ccccc1.[Na+]. The number of hydrogen-bond acceptors (Lipinski definition) is 5. The maximum atomic E-state index is 11.2. The number of para-hydroxylation sites is 2. The van der Waals surface area contributed by atoms with Crippen molar-refractivity contribution in [1.82, 2.24) is 0 Å². The van der Waals surface area contributed by atoms with E-state index in [1.54, 1.807) is 62.4 Å². The van der Waals surface area contributed by atoms with Crippen LogP contribution in [0.3, 0.4) is 0 Å². The topological polar surface area (TPSA) is 120 Å². The fourth-order valence-electron chi connectivity index (χ4n) is 1.76. The molecule has 144 valence electrons. The molecule has 3 N–H and O–H groups in total. The van der Waals surface area contributed by atoms with Crippen molar-refractivity contribution in [2.75, 3.05) is 23.4 Å². The van der Waals surface area contributed by atoms with Crippen LogP contribution in [-0.2, 0) is 18.2 Å². The van der Waals surface area contributed by atoms with Crippen molar-refractivity contribution in [1.29, 1.82) is 0 Å². The van der Waals surface area contributed by atoms with Crippen molar-refractivity contribution >= 4 is 26.9 Å². The summed E-state index contributed by atoms with van der Waals surface area (Å²) in [6, 6.07) is 17.4. The maximum Gasteiger partial charge on any atom is 1.00 e. The second-order valence-corrected chi connectivity index (χ2v) is 7.81. The van der Waals surface area contributed by atoms with Crippen LogP contribution in [-0.4, -0.2) is 18.1 Å². The van der Waals surface area contributed by atoms with E-state index in [1.165, 1.54) is 0 Å². The number of benzene rings is 2. The Bertz CT molecular complexity index is 673. The predicted molar refractivity (Wildman–Crippen MR) is 101 cm³/mol. The van der Waals surface area contributed by atoms with Gasteiger partial charge >= 0.3 is 37.3 Å². The van der Waals surface area contributed by atoms with Crippen molar-refractivity contribution in [3.63, 3.8) is 0 Å². The summed E-state index contributed by atoms with van der Waals surface area (Å²) in [5.41, 5.74) is 1.08. The predicted octanol–water partition coefficient (Wildman–Crippen LogP) is 0.843. The normalized spacial score (nSPS) is 14.4. The first-order valence-electron chi connectivity index (χ1n) is 7.87. The monoisotopic (exact) mass is 424 g/mol. The molecule has 0 radical (unpaired) electrons. The van der Waals surface area contributed by atoms with Crippen LogP contribution in [0.5, 0.6) is 0 Å². The fraction of sp³-hybridized carbons (Fsp3) is 0.250. The molecule has 0 aromatic heterocycles. The van der Waals surface area contributed by atoms with E-state index in [-0.39, 0.29) is 42.8 Å². The molecule has 27 heavy (non-hydrogen) atoms. The smallest absolute Gasteiger partial charge is 0.762 e. The molecule has 0 bridgehead atoms. The third kappa shape index (κ3) is 12.4. The molecule has 0 amide bonds. The molecule has 0 fully saturated rings. The third-order valence-electron chi connectivity index (χ3n) is 2.69. The standard InChI is InChI=1S/2C8H12NO3P.Na/c2*1-2-12-13(10,11)9-8-6-4-3-5-7-8;/h2*3-7H,2H2,1H3,(H2,9,10,11);/q;;+1/p-1. The maximum absolute atomic E-state index is 11.2. The Morgan fingerprint density at radius 3 is 1.67 bits per heavy atom. The Labute approximate surface area is 181 Å². The molecule has 0 aliphatic heterocycles. The van der Waals surface area contributed by atoms with Gasteiger partial charge in [-0.05, 0) is 38.1 Å². The van der Waals surface area contributed by atoms with Crippen LogP contribution in [0.15, 0.2) is 60.7 Å². The molecule has 2 unspecified atom stereocenters. The minimum atomic E-state index is -3.91. The first-order chi connectivity index (χ1) is 12.3. The zero-order valence-electron chi connectivity index (χ0n) is 15.6. The Hall–Kier alpha value is -0.660. The minimum Gasteiger partial charge on any atom is -0.762 e. The molecule has 2 rings (SSSR count). The Balaban J connectivity index is 0.000000483. The summed E-state index contributed by atoms with van der Waals surface area (Å²) in [7, 11) is -7.58. The van der Waals surface area contributed by atoms with Gasteiger partial charge in [0.15, 0.2) is 0 Å². The van der Waals surface area contributed by atoms with Crippen molar-refractivity contribution in [3.8, 4) is 0 Å². The molecule has 0 saturated heterocycles. The van der Waals surface area contributed by atoms with Crippen molar-refractivity contribution in [3.05, 3.63) is 60.7 Å². The summed E-state index contributed by atoms with van der Waals surface area (Å²) < 4.78 is 31.5. The van der Waals surface area contributed by atoms with E-state index in [0.717, 1.165) is 0 Å². The molecule has 2 aromatic rings. The molecule has 2 aromatic carbocycles. The second kappa shape index (κ2) is 13.5. The number of anilines is 2. The van der Waals surface area contributed by atoms with Crippen LogP contribution in [0.2, 0.25) is 0 Å². The van der Waals surface area contributed by atoms with Gasteiger partial charge < -0.3 is 19.4 Å². The summed E-state index contributed by atoms with van der Waals surface area (Å²) in [4.78, 5) is 20.3. The first-order valence-corrected chi connectivity index (χ1v) is 11.0. The zero-order valence-corrected chi connectivity index (χ0v) is 19.4. The van der Waals surface area contributed by atoms with Gasteiger partial charge in [-0.2, -0.15) is 0 Å². The van der Waals surface area contributed by atoms with Gasteiger partial charge in [0, 0.05) is 11.4 Å². The van der Waals surface area contributed by atoms with Gasteiger partial charge in [-0.25, -0.2) is 4.57 Å². The number of hydrogen-bond donors (Lipinski definition) is 3. The van der Waals surface area contributed by atoms with Crippen molar-refractivity contribution in [2.45, 2.75) is 13.8 Å². The molecule has 0 spiro atoms. The van der Waals surface area contributed by atoms with E-state index < -0.39 is 15.5 Å². The summed E-state index contributed by atoms with van der Waals surface area (Å²) in [6.45, 7) is 3.63. The van der Waals surface area contributed by atoms with Gasteiger partial charge in [-0.3, -0.25) is 14.2 Å². The largest absolute Gasteiger partial charge is 1.00 e. The van der Waals surface area contributed by atoms with Crippen molar-refractivity contribution < 1.29 is 57.5 Å². The van der Waals surface area contributed by atoms with Crippen LogP contribution in [0.1, 0.15) is 13.8 Å². The van der Waals surface area contributed by atoms with Gasteiger partial charge in [-0.1, -0.05) is 36.4 Å². The van der Waals surface area contributed by atoms with E-state index in [4.69, 9.17) is 0 Å². The third-order valence-corrected chi connectivity index (χ3v) is 4.97. The molecule has 11 heteroatoms. The Kier molecular flexibility index (Phi) is 13.2. The van der Waals surface area contributed by atoms with Gasteiger partial charge in [0.05, 0.1) is 13.2 Å². The van der Waals surface area contributed by atoms with Gasteiger partial charge in [-0.15, -0.1) is 0 Å².